The fourth-order valence-corrected chi connectivity index (χ4v) is 8.47. The highest BCUT2D eigenvalue weighted by Crippen LogP contribution is 2.58. The van der Waals surface area contributed by atoms with Crippen molar-refractivity contribution in [1.82, 2.24) is 9.88 Å². The second-order valence-electron chi connectivity index (χ2n) is 13.4. The van der Waals surface area contributed by atoms with Gasteiger partial charge >= 0.3 is 0 Å². The van der Waals surface area contributed by atoms with Crippen LogP contribution in [0.5, 0.6) is 0 Å². The summed E-state index contributed by atoms with van der Waals surface area (Å²) in [5.41, 5.74) is 3.96. The van der Waals surface area contributed by atoms with Crippen LogP contribution >= 0.6 is 0 Å². The number of benzene rings is 1. The van der Waals surface area contributed by atoms with Gasteiger partial charge in [-0.3, -0.25) is 9.88 Å². The van der Waals surface area contributed by atoms with Crippen molar-refractivity contribution in [3.05, 3.63) is 65.5 Å². The van der Waals surface area contributed by atoms with E-state index in [2.05, 4.69) is 60.3 Å². The Morgan fingerprint density at radius 1 is 1.02 bits per heavy atom. The molecule has 0 radical (unpaired) electrons. The van der Waals surface area contributed by atoms with Gasteiger partial charge in [0.2, 0.25) is 6.23 Å². The highest BCUT2D eigenvalue weighted by molar-refractivity contribution is 5.82. The Labute approximate surface area is 239 Å². The van der Waals surface area contributed by atoms with Crippen molar-refractivity contribution >= 4 is 10.8 Å². The Bertz CT molecular complexity index is 1310. The van der Waals surface area contributed by atoms with Gasteiger partial charge in [-0.2, -0.15) is 4.65 Å². The molecular formula is C34H46N3O3+. The molecule has 5 aliphatic rings. The first kappa shape index (κ1) is 26.8. The van der Waals surface area contributed by atoms with Crippen LogP contribution in [-0.2, 0) is 9.47 Å². The average molecular weight is 545 g/mol. The molecule has 2 spiro atoms. The fraction of sp³-hybridized carbons (Fsp3) is 0.618. The van der Waals surface area contributed by atoms with Gasteiger partial charge in [-0.25, -0.2) is 5.21 Å². The van der Waals surface area contributed by atoms with Gasteiger partial charge in [-0.1, -0.05) is 31.2 Å². The minimum atomic E-state index is -0.197. The molecule has 2 aromatic rings. The van der Waals surface area contributed by atoms with Crippen LogP contribution in [0.25, 0.3) is 10.8 Å². The van der Waals surface area contributed by atoms with Gasteiger partial charge < -0.3 is 9.47 Å². The minimum Gasteiger partial charge on any atom is -0.359 e. The molecule has 6 heteroatoms. The lowest BCUT2D eigenvalue weighted by Gasteiger charge is -2.47. The number of rotatable bonds is 2. The van der Waals surface area contributed by atoms with Crippen molar-refractivity contribution < 1.29 is 19.3 Å². The molecule has 0 saturated carbocycles. The molecular weight excluding hydrogens is 498 g/mol. The number of pyridine rings is 1. The van der Waals surface area contributed by atoms with E-state index in [0.717, 1.165) is 64.7 Å². The van der Waals surface area contributed by atoms with Crippen LogP contribution in [0.2, 0.25) is 0 Å². The minimum absolute atomic E-state index is 0.0569. The Kier molecular flexibility index (Phi) is 6.91. The maximum Gasteiger partial charge on any atom is 0.223 e. The fourth-order valence-electron chi connectivity index (χ4n) is 8.47. The van der Waals surface area contributed by atoms with Crippen LogP contribution in [0.3, 0.4) is 0 Å². The summed E-state index contributed by atoms with van der Waals surface area (Å²) in [4.78, 5) is 6.66. The summed E-state index contributed by atoms with van der Waals surface area (Å²) in [6.45, 7) is 6.39. The summed E-state index contributed by atoms with van der Waals surface area (Å²) in [5, 5.41) is 14.0. The summed E-state index contributed by atoms with van der Waals surface area (Å²) in [6.07, 6.45) is 18.3. The highest BCUT2D eigenvalue weighted by Gasteiger charge is 2.58. The zero-order chi connectivity index (χ0) is 27.4. The van der Waals surface area contributed by atoms with E-state index < -0.39 is 0 Å². The second kappa shape index (κ2) is 10.3. The Morgan fingerprint density at radius 3 is 2.77 bits per heavy atom. The lowest BCUT2D eigenvalue weighted by molar-refractivity contribution is -1.14. The van der Waals surface area contributed by atoms with Crippen molar-refractivity contribution in [2.75, 3.05) is 39.8 Å². The molecule has 2 bridgehead atoms. The van der Waals surface area contributed by atoms with Crippen LogP contribution in [0.1, 0.15) is 76.2 Å². The SMILES string of the molecule is CC1CCC(c2ccc3ccncc3c2)CCC=C2C=C3CCC([N+]4(O)CCN(C)CC4)OCCC34CCC21O4. The third kappa shape index (κ3) is 4.57. The number of nitrogens with zero attached hydrogens (tertiary/aromatic N) is 3. The molecule has 1 aromatic heterocycles. The van der Waals surface area contributed by atoms with Crippen LogP contribution in [-0.4, -0.2) is 77.0 Å². The van der Waals surface area contributed by atoms with Crippen molar-refractivity contribution in [2.24, 2.45) is 5.92 Å². The van der Waals surface area contributed by atoms with Gasteiger partial charge in [0.1, 0.15) is 13.1 Å². The zero-order valence-corrected chi connectivity index (χ0v) is 24.4. The third-order valence-corrected chi connectivity index (χ3v) is 11.2. The Hall–Kier alpha value is -2.09. The van der Waals surface area contributed by atoms with Gasteiger partial charge in [0.05, 0.1) is 30.9 Å². The number of hydrogen-bond acceptors (Lipinski definition) is 5. The first-order chi connectivity index (χ1) is 19.4. The summed E-state index contributed by atoms with van der Waals surface area (Å²) in [7, 11) is 2.14. The predicted molar refractivity (Wildman–Crippen MR) is 157 cm³/mol. The molecule has 1 N–H and O–H groups in total. The number of likely N-dealkylation sites (N-methyl/N-ethyl adjacent to an activating group) is 1. The first-order valence-corrected chi connectivity index (χ1v) is 15.7. The normalized spacial score (nSPS) is 36.6. The molecule has 5 heterocycles. The quantitative estimate of drug-likeness (QED) is 0.446. The molecule has 1 aliphatic carbocycles. The molecule has 1 aromatic carbocycles. The smallest absolute Gasteiger partial charge is 0.223 e. The van der Waals surface area contributed by atoms with E-state index in [4.69, 9.17) is 9.47 Å². The van der Waals surface area contributed by atoms with Crippen LogP contribution in [0.15, 0.2) is 60.0 Å². The van der Waals surface area contributed by atoms with E-state index in [9.17, 15) is 5.21 Å². The van der Waals surface area contributed by atoms with E-state index in [1.54, 1.807) is 0 Å². The van der Waals surface area contributed by atoms with Gasteiger partial charge in [-0.05, 0) is 98.1 Å². The summed E-state index contributed by atoms with van der Waals surface area (Å²) < 4.78 is 13.8. The van der Waals surface area contributed by atoms with Crippen molar-refractivity contribution in [3.8, 4) is 0 Å². The topological polar surface area (TPSA) is 54.8 Å². The van der Waals surface area contributed by atoms with Gasteiger partial charge in [0, 0.05) is 30.6 Å². The van der Waals surface area contributed by atoms with Crippen LogP contribution in [0, 0.1) is 5.92 Å². The van der Waals surface area contributed by atoms with Gasteiger partial charge in [-0.15, -0.1) is 0 Å². The molecule has 7 rings (SSSR count). The number of aromatic nitrogens is 1. The second-order valence-corrected chi connectivity index (χ2v) is 13.4. The van der Waals surface area contributed by atoms with Crippen molar-refractivity contribution in [2.45, 2.75) is 88.1 Å². The van der Waals surface area contributed by atoms with Gasteiger partial charge in [0.25, 0.3) is 0 Å². The van der Waals surface area contributed by atoms with E-state index >= 15 is 0 Å². The number of ether oxygens (including phenoxy) is 2. The van der Waals surface area contributed by atoms with Crippen molar-refractivity contribution in [1.29, 1.82) is 0 Å². The molecule has 3 saturated heterocycles. The molecule has 3 fully saturated rings. The Balaban J connectivity index is 1.14. The highest BCUT2D eigenvalue weighted by atomic mass is 16.6. The largest absolute Gasteiger partial charge is 0.359 e. The summed E-state index contributed by atoms with van der Waals surface area (Å²) in [5.74, 6) is 1.02. The summed E-state index contributed by atoms with van der Waals surface area (Å²) in [6, 6.07) is 9.07. The lowest BCUT2D eigenvalue weighted by Crippen LogP contribution is -2.63. The number of hydrogen-bond donors (Lipinski definition) is 1. The van der Waals surface area contributed by atoms with E-state index in [0.29, 0.717) is 18.4 Å². The van der Waals surface area contributed by atoms with Crippen molar-refractivity contribution in [3.63, 3.8) is 0 Å². The lowest BCUT2D eigenvalue weighted by atomic mass is 9.76. The van der Waals surface area contributed by atoms with Gasteiger partial charge in [0.15, 0.2) is 0 Å². The molecule has 5 unspecified atom stereocenters. The molecule has 5 atom stereocenters. The average Bonchev–Trinajstić information content (AvgIpc) is 3.34. The Morgan fingerprint density at radius 2 is 1.90 bits per heavy atom. The van der Waals surface area contributed by atoms with Crippen LogP contribution < -0.4 is 0 Å². The first-order valence-electron chi connectivity index (χ1n) is 15.7. The molecule has 6 nitrogen and oxygen atoms in total. The molecule has 0 amide bonds. The maximum atomic E-state index is 11.5. The van der Waals surface area contributed by atoms with E-state index in [1.165, 1.54) is 46.7 Å². The number of quaternary nitrogens is 1. The number of allylic oxidation sites excluding steroid dienone is 1. The zero-order valence-electron chi connectivity index (χ0n) is 24.4. The van der Waals surface area contributed by atoms with Crippen LogP contribution in [0.4, 0.5) is 0 Å². The molecule has 4 aliphatic heterocycles. The molecule has 214 valence electrons. The van der Waals surface area contributed by atoms with E-state index in [1.807, 2.05) is 12.4 Å². The third-order valence-electron chi connectivity index (χ3n) is 11.2. The predicted octanol–water partition coefficient (Wildman–Crippen LogP) is 6.36. The number of fused-ring (bicyclic) bond motifs is 1. The molecule has 40 heavy (non-hydrogen) atoms. The number of hydroxylamine groups is 3. The number of piperazine rings is 1. The maximum absolute atomic E-state index is 11.5. The standard InChI is InChI=1S/C34H46N3O3/c1-25-6-7-26(28-9-8-27-12-16-35-24-29(27)22-28)4-3-5-31-23-30-10-11-32(37(38)19-17-36(2)18-20-37)39-21-15-33(30)13-14-34(25,31)40-33/h5,8-9,12,16,22-26,32,38H,3-4,6-7,10-11,13-15,17-21H2,1-2H3/q+1. The van der Waals surface area contributed by atoms with E-state index in [-0.39, 0.29) is 22.1 Å². The summed E-state index contributed by atoms with van der Waals surface area (Å²) >= 11 is 0. The monoisotopic (exact) mass is 544 g/mol.